The van der Waals surface area contributed by atoms with E-state index in [-0.39, 0.29) is 17.9 Å². The molecule has 7 nitrogen and oxygen atoms in total. The van der Waals surface area contributed by atoms with Gasteiger partial charge < -0.3 is 15.0 Å². The van der Waals surface area contributed by atoms with E-state index in [0.717, 1.165) is 77.8 Å². The maximum Gasteiger partial charge on any atom is 0.223 e. The molecular weight excluding hydrogens is 346 g/mol. The standard InChI is InChI=1S/C20H35N3O4/c24-19(21-16-18-4-3-14-26-18)6-5-17-7-11-22(12-8-17)20(25)9-13-23-10-1-2-15-27-23/h17-18H,1-16H2,(H,21,24)/t18-/m1/s1. The van der Waals surface area contributed by atoms with Crippen molar-refractivity contribution in [2.45, 2.75) is 63.9 Å². The fraction of sp³-hybridized carbons (Fsp3) is 0.900. The van der Waals surface area contributed by atoms with E-state index in [2.05, 4.69) is 5.32 Å². The molecule has 0 radical (unpaired) electrons. The Morgan fingerprint density at radius 1 is 0.963 bits per heavy atom. The summed E-state index contributed by atoms with van der Waals surface area (Å²) in [7, 11) is 0. The number of hydrogen-bond acceptors (Lipinski definition) is 5. The summed E-state index contributed by atoms with van der Waals surface area (Å²) in [6.07, 6.45) is 8.67. The van der Waals surface area contributed by atoms with Gasteiger partial charge in [0.2, 0.25) is 11.8 Å². The molecule has 2 amide bonds. The molecule has 0 aliphatic carbocycles. The quantitative estimate of drug-likeness (QED) is 0.693. The molecule has 7 heteroatoms. The number of ether oxygens (including phenoxy) is 1. The zero-order valence-electron chi connectivity index (χ0n) is 16.5. The number of carbonyl (C=O) groups excluding carboxylic acids is 2. The average Bonchev–Trinajstić information content (AvgIpc) is 3.24. The molecule has 0 saturated carbocycles. The van der Waals surface area contributed by atoms with Gasteiger partial charge in [-0.2, -0.15) is 5.06 Å². The summed E-state index contributed by atoms with van der Waals surface area (Å²) in [6, 6.07) is 0. The molecule has 27 heavy (non-hydrogen) atoms. The lowest BCUT2D eigenvalue weighted by Crippen LogP contribution is -2.41. The van der Waals surface area contributed by atoms with Crippen molar-refractivity contribution >= 4 is 11.8 Å². The maximum absolute atomic E-state index is 12.4. The number of nitrogens with one attached hydrogen (secondary N) is 1. The molecule has 0 aromatic carbocycles. The van der Waals surface area contributed by atoms with Gasteiger partial charge in [-0.3, -0.25) is 14.4 Å². The van der Waals surface area contributed by atoms with Gasteiger partial charge >= 0.3 is 0 Å². The maximum atomic E-state index is 12.4. The van der Waals surface area contributed by atoms with Crippen LogP contribution >= 0.6 is 0 Å². The van der Waals surface area contributed by atoms with Crippen LogP contribution in [0.15, 0.2) is 0 Å². The summed E-state index contributed by atoms with van der Waals surface area (Å²) in [6.45, 7) is 5.52. The average molecular weight is 382 g/mol. The van der Waals surface area contributed by atoms with Crippen molar-refractivity contribution in [3.05, 3.63) is 0 Å². The zero-order valence-corrected chi connectivity index (χ0v) is 16.5. The van der Waals surface area contributed by atoms with Crippen molar-refractivity contribution in [3.8, 4) is 0 Å². The van der Waals surface area contributed by atoms with Crippen LogP contribution in [0.25, 0.3) is 0 Å². The van der Waals surface area contributed by atoms with Crippen LogP contribution in [-0.4, -0.2) is 73.8 Å². The molecule has 1 atom stereocenters. The molecule has 3 rings (SSSR count). The Balaban J connectivity index is 1.24. The van der Waals surface area contributed by atoms with Gasteiger partial charge in [-0.25, -0.2) is 0 Å². The Morgan fingerprint density at radius 3 is 2.52 bits per heavy atom. The Labute approximate surface area is 162 Å². The lowest BCUT2D eigenvalue weighted by molar-refractivity contribution is -0.182. The van der Waals surface area contributed by atoms with Crippen LogP contribution < -0.4 is 5.32 Å². The molecule has 0 unspecified atom stereocenters. The SMILES string of the molecule is O=C(CCC1CCN(C(=O)CCN2CCCCO2)CC1)NC[C@H]1CCCO1. The summed E-state index contributed by atoms with van der Waals surface area (Å²) in [5.74, 6) is 0.912. The van der Waals surface area contributed by atoms with E-state index >= 15 is 0 Å². The van der Waals surface area contributed by atoms with Crippen molar-refractivity contribution in [1.82, 2.24) is 15.3 Å². The van der Waals surface area contributed by atoms with E-state index in [1.54, 1.807) is 0 Å². The van der Waals surface area contributed by atoms with Crippen molar-refractivity contribution in [2.75, 3.05) is 45.9 Å². The molecule has 1 N–H and O–H groups in total. The highest BCUT2D eigenvalue weighted by Gasteiger charge is 2.24. The molecule has 3 saturated heterocycles. The van der Waals surface area contributed by atoms with E-state index in [0.29, 0.717) is 31.8 Å². The van der Waals surface area contributed by atoms with Crippen molar-refractivity contribution in [2.24, 2.45) is 5.92 Å². The minimum absolute atomic E-state index is 0.130. The third-order valence-corrected chi connectivity index (χ3v) is 5.95. The number of likely N-dealkylation sites (tertiary alicyclic amines) is 1. The van der Waals surface area contributed by atoms with Crippen LogP contribution in [0.1, 0.15) is 57.8 Å². The number of nitrogens with zero attached hydrogens (tertiary/aromatic N) is 2. The van der Waals surface area contributed by atoms with Crippen LogP contribution in [0.3, 0.4) is 0 Å². The van der Waals surface area contributed by atoms with E-state index in [4.69, 9.17) is 9.57 Å². The molecule has 3 aliphatic heterocycles. The molecule has 3 aliphatic rings. The molecular formula is C20H35N3O4. The smallest absolute Gasteiger partial charge is 0.223 e. The minimum atomic E-state index is 0.130. The molecule has 0 aromatic rings. The Bertz CT molecular complexity index is 468. The molecule has 154 valence electrons. The van der Waals surface area contributed by atoms with Gasteiger partial charge in [-0.1, -0.05) is 0 Å². The number of hydroxylamine groups is 2. The second kappa shape index (κ2) is 11.0. The lowest BCUT2D eigenvalue weighted by atomic mass is 9.92. The predicted octanol–water partition coefficient (Wildman–Crippen LogP) is 1.72. The van der Waals surface area contributed by atoms with E-state index in [1.807, 2.05) is 9.96 Å². The van der Waals surface area contributed by atoms with Crippen molar-refractivity contribution in [3.63, 3.8) is 0 Å². The van der Waals surface area contributed by atoms with Crippen molar-refractivity contribution < 1.29 is 19.2 Å². The largest absolute Gasteiger partial charge is 0.376 e. The highest BCUT2D eigenvalue weighted by atomic mass is 16.7. The van der Waals surface area contributed by atoms with E-state index in [9.17, 15) is 9.59 Å². The molecule has 0 spiro atoms. The van der Waals surface area contributed by atoms with Gasteiger partial charge in [-0.05, 0) is 50.9 Å². The monoisotopic (exact) mass is 381 g/mol. The molecule has 0 bridgehead atoms. The Morgan fingerprint density at radius 2 is 1.81 bits per heavy atom. The number of carbonyl (C=O) groups is 2. The summed E-state index contributed by atoms with van der Waals surface area (Å²) >= 11 is 0. The molecule has 3 heterocycles. The minimum Gasteiger partial charge on any atom is -0.376 e. The van der Waals surface area contributed by atoms with Crippen LogP contribution in [0.5, 0.6) is 0 Å². The Hall–Kier alpha value is -1.18. The molecule has 0 aromatic heterocycles. The first kappa shape index (κ1) is 20.6. The fourth-order valence-electron chi connectivity index (χ4n) is 4.13. The Kier molecular flexibility index (Phi) is 8.35. The molecule has 3 fully saturated rings. The van der Waals surface area contributed by atoms with Crippen molar-refractivity contribution in [1.29, 1.82) is 0 Å². The van der Waals surface area contributed by atoms with Crippen LogP contribution in [0, 0.1) is 5.92 Å². The third kappa shape index (κ3) is 7.05. The highest BCUT2D eigenvalue weighted by Crippen LogP contribution is 2.22. The number of amides is 2. The first-order chi connectivity index (χ1) is 13.2. The zero-order chi connectivity index (χ0) is 18.9. The van der Waals surface area contributed by atoms with Gasteiger partial charge in [0.25, 0.3) is 0 Å². The van der Waals surface area contributed by atoms with Gasteiger partial charge in [0, 0.05) is 52.2 Å². The van der Waals surface area contributed by atoms with E-state index < -0.39 is 0 Å². The van der Waals surface area contributed by atoms with Crippen LogP contribution in [0.2, 0.25) is 0 Å². The summed E-state index contributed by atoms with van der Waals surface area (Å²) in [4.78, 5) is 31.9. The summed E-state index contributed by atoms with van der Waals surface area (Å²) < 4.78 is 5.53. The first-order valence-corrected chi connectivity index (χ1v) is 10.7. The normalized spacial score (nSPS) is 24.9. The predicted molar refractivity (Wildman–Crippen MR) is 102 cm³/mol. The number of piperidine rings is 1. The number of hydrogen-bond donors (Lipinski definition) is 1. The highest BCUT2D eigenvalue weighted by molar-refractivity contribution is 5.76. The van der Waals surface area contributed by atoms with Crippen LogP contribution in [-0.2, 0) is 19.2 Å². The van der Waals surface area contributed by atoms with Crippen LogP contribution in [0.4, 0.5) is 0 Å². The third-order valence-electron chi connectivity index (χ3n) is 5.95. The first-order valence-electron chi connectivity index (χ1n) is 10.7. The van der Waals surface area contributed by atoms with Gasteiger partial charge in [0.15, 0.2) is 0 Å². The summed E-state index contributed by atoms with van der Waals surface area (Å²) in [5, 5.41) is 4.93. The fourth-order valence-corrected chi connectivity index (χ4v) is 4.13. The van der Waals surface area contributed by atoms with Gasteiger partial charge in [-0.15, -0.1) is 0 Å². The topological polar surface area (TPSA) is 71.1 Å². The van der Waals surface area contributed by atoms with Gasteiger partial charge in [0.1, 0.15) is 0 Å². The second-order valence-corrected chi connectivity index (χ2v) is 8.02. The summed E-state index contributed by atoms with van der Waals surface area (Å²) in [5.41, 5.74) is 0. The lowest BCUT2D eigenvalue weighted by Gasteiger charge is -2.33. The second-order valence-electron chi connectivity index (χ2n) is 8.02. The van der Waals surface area contributed by atoms with Gasteiger partial charge in [0.05, 0.1) is 12.7 Å². The number of rotatable bonds is 8. The van der Waals surface area contributed by atoms with E-state index in [1.165, 1.54) is 0 Å².